The molecule has 1 saturated heterocycles. The van der Waals surface area contributed by atoms with Gasteiger partial charge in [0.25, 0.3) is 5.91 Å². The lowest BCUT2D eigenvalue weighted by Gasteiger charge is -2.30. The van der Waals surface area contributed by atoms with Crippen LogP contribution in [0.25, 0.3) is 16.5 Å². The van der Waals surface area contributed by atoms with Gasteiger partial charge >= 0.3 is 5.97 Å². The molecule has 1 fully saturated rings. The molecule has 0 atom stereocenters. The number of halogens is 1. The second-order valence-electron chi connectivity index (χ2n) is 10.2. The number of hydrogen-bond acceptors (Lipinski definition) is 3. The molecule has 3 heterocycles. The zero-order valence-corrected chi connectivity index (χ0v) is 20.1. The summed E-state index contributed by atoms with van der Waals surface area (Å²) in [5, 5.41) is 11.0. The number of amides is 1. The molecule has 2 aromatic carbocycles. The molecule has 2 N–H and O–H groups in total. The van der Waals surface area contributed by atoms with Crippen molar-refractivity contribution in [2.24, 2.45) is 0 Å². The van der Waals surface area contributed by atoms with E-state index in [0.29, 0.717) is 23.4 Å². The molecule has 0 unspecified atom stereocenters. The first-order valence-electron chi connectivity index (χ1n) is 12.1. The molecule has 2 aliphatic heterocycles. The van der Waals surface area contributed by atoms with Gasteiger partial charge in [0, 0.05) is 46.7 Å². The summed E-state index contributed by atoms with van der Waals surface area (Å²) in [5.74, 6) is -1.78. The average molecular weight is 476 g/mol. The first-order chi connectivity index (χ1) is 16.7. The van der Waals surface area contributed by atoms with Crippen LogP contribution >= 0.6 is 0 Å². The number of carboxylic acid groups (broad SMARTS) is 1. The predicted molar refractivity (Wildman–Crippen MR) is 134 cm³/mol. The smallest absolute Gasteiger partial charge is 0.339 e. The van der Waals surface area contributed by atoms with Crippen molar-refractivity contribution in [1.29, 1.82) is 0 Å². The number of carbonyl (C=O) groups excluding carboxylic acids is 1. The second-order valence-corrected chi connectivity index (χ2v) is 10.2. The van der Waals surface area contributed by atoms with Crippen molar-refractivity contribution in [2.75, 3.05) is 19.6 Å². The Morgan fingerprint density at radius 3 is 2.57 bits per heavy atom. The molecule has 3 aromatic rings. The number of para-hydroxylation sites is 1. The number of aliphatic carboxylic acids is 1. The third-order valence-corrected chi connectivity index (χ3v) is 7.13. The highest BCUT2D eigenvalue weighted by molar-refractivity contribution is 6.17. The number of piperidine rings is 1. The van der Waals surface area contributed by atoms with E-state index in [4.69, 9.17) is 0 Å². The van der Waals surface area contributed by atoms with E-state index in [1.807, 2.05) is 38.1 Å². The van der Waals surface area contributed by atoms with Crippen LogP contribution in [-0.4, -0.2) is 51.4 Å². The minimum absolute atomic E-state index is 0.0331. The standard InChI is InChI=1S/C28H30FN3O3/c1-28(2)17-32(16-21(27(34)35)25-24(28)20-8-4-5-9-23(20)30-25)26(33)18-10-11-22(29)19(14-18)15-31-12-6-3-7-13-31/h4-5,8-11,14,16,30H,3,6-7,12-13,15,17H2,1-2H3,(H,34,35). The topological polar surface area (TPSA) is 76.6 Å². The summed E-state index contributed by atoms with van der Waals surface area (Å²) < 4.78 is 14.6. The molecule has 7 heteroatoms. The van der Waals surface area contributed by atoms with Gasteiger partial charge in [-0.3, -0.25) is 9.69 Å². The fourth-order valence-electron chi connectivity index (χ4n) is 5.46. The summed E-state index contributed by atoms with van der Waals surface area (Å²) in [7, 11) is 0. The van der Waals surface area contributed by atoms with Crippen LogP contribution < -0.4 is 0 Å². The summed E-state index contributed by atoms with van der Waals surface area (Å²) in [5.41, 5.74) is 2.60. The highest BCUT2D eigenvalue weighted by Gasteiger charge is 2.37. The maximum absolute atomic E-state index is 14.6. The van der Waals surface area contributed by atoms with Crippen LogP contribution in [0.1, 0.15) is 60.3 Å². The van der Waals surface area contributed by atoms with E-state index >= 15 is 0 Å². The summed E-state index contributed by atoms with van der Waals surface area (Å²) in [4.78, 5) is 32.9. The number of H-pyrrole nitrogens is 1. The van der Waals surface area contributed by atoms with Crippen LogP contribution in [0.5, 0.6) is 0 Å². The van der Waals surface area contributed by atoms with Crippen molar-refractivity contribution >= 4 is 28.4 Å². The van der Waals surface area contributed by atoms with Crippen LogP contribution in [0.3, 0.4) is 0 Å². The Balaban J connectivity index is 1.52. The van der Waals surface area contributed by atoms with Gasteiger partial charge in [0.15, 0.2) is 0 Å². The number of likely N-dealkylation sites (tertiary alicyclic amines) is 1. The van der Waals surface area contributed by atoms with Gasteiger partial charge in [-0.05, 0) is 55.8 Å². The zero-order valence-electron chi connectivity index (χ0n) is 20.1. The van der Waals surface area contributed by atoms with Crippen molar-refractivity contribution in [3.8, 4) is 0 Å². The Bertz CT molecular complexity index is 1330. The number of fused-ring (bicyclic) bond motifs is 3. The lowest BCUT2D eigenvalue weighted by atomic mass is 9.81. The van der Waals surface area contributed by atoms with Crippen LogP contribution in [0.2, 0.25) is 0 Å². The van der Waals surface area contributed by atoms with Crippen molar-refractivity contribution in [3.05, 3.63) is 76.9 Å². The van der Waals surface area contributed by atoms with Crippen LogP contribution in [0, 0.1) is 5.82 Å². The van der Waals surface area contributed by atoms with Crippen LogP contribution in [0.15, 0.2) is 48.7 Å². The Morgan fingerprint density at radius 1 is 1.09 bits per heavy atom. The molecule has 2 aliphatic rings. The molecule has 0 radical (unpaired) electrons. The van der Waals surface area contributed by atoms with Gasteiger partial charge < -0.3 is 15.0 Å². The van der Waals surface area contributed by atoms with Crippen molar-refractivity contribution in [1.82, 2.24) is 14.8 Å². The maximum atomic E-state index is 14.6. The molecular formula is C28H30FN3O3. The molecular weight excluding hydrogens is 445 g/mol. The number of carbonyl (C=O) groups is 2. The van der Waals surface area contributed by atoms with E-state index in [-0.39, 0.29) is 23.8 Å². The average Bonchev–Trinajstić information content (AvgIpc) is 3.18. The minimum Gasteiger partial charge on any atom is -0.478 e. The van der Waals surface area contributed by atoms with E-state index in [2.05, 4.69) is 9.88 Å². The fraction of sp³-hybridized carbons (Fsp3) is 0.357. The summed E-state index contributed by atoms with van der Waals surface area (Å²) in [6.07, 6.45) is 4.81. The van der Waals surface area contributed by atoms with E-state index in [1.54, 1.807) is 6.07 Å². The molecule has 0 aliphatic carbocycles. The highest BCUT2D eigenvalue weighted by atomic mass is 19.1. The number of rotatable bonds is 4. The van der Waals surface area contributed by atoms with Gasteiger partial charge in [-0.1, -0.05) is 38.5 Å². The lowest BCUT2D eigenvalue weighted by Crippen LogP contribution is -2.37. The van der Waals surface area contributed by atoms with E-state index < -0.39 is 11.4 Å². The van der Waals surface area contributed by atoms with Gasteiger partial charge in [0.1, 0.15) is 5.82 Å². The number of nitrogens with zero attached hydrogens (tertiary/aromatic N) is 2. The number of hydrogen-bond donors (Lipinski definition) is 2. The number of benzene rings is 2. The number of aromatic nitrogens is 1. The summed E-state index contributed by atoms with van der Waals surface area (Å²) in [6, 6.07) is 12.2. The normalized spacial score (nSPS) is 18.1. The van der Waals surface area contributed by atoms with Crippen LogP contribution in [0.4, 0.5) is 4.39 Å². The maximum Gasteiger partial charge on any atom is 0.339 e. The van der Waals surface area contributed by atoms with Gasteiger partial charge in [-0.2, -0.15) is 0 Å². The molecule has 5 rings (SSSR count). The summed E-state index contributed by atoms with van der Waals surface area (Å²) in [6.45, 7) is 6.62. The third kappa shape index (κ3) is 4.36. The second kappa shape index (κ2) is 8.96. The van der Waals surface area contributed by atoms with Crippen molar-refractivity contribution < 1.29 is 19.1 Å². The first kappa shape index (κ1) is 23.3. The number of aromatic amines is 1. The van der Waals surface area contributed by atoms with Crippen molar-refractivity contribution in [2.45, 2.75) is 45.1 Å². The quantitative estimate of drug-likeness (QED) is 0.547. The molecule has 0 bridgehead atoms. The van der Waals surface area contributed by atoms with Gasteiger partial charge in [-0.25, -0.2) is 9.18 Å². The Labute approximate surface area is 204 Å². The third-order valence-electron chi connectivity index (χ3n) is 7.13. The van der Waals surface area contributed by atoms with E-state index in [9.17, 15) is 19.1 Å². The molecule has 0 saturated carbocycles. The SMILES string of the molecule is CC1(C)CN(C(=O)c2ccc(F)c(CN3CCCCC3)c2)C=C(C(=O)O)c2[nH]c3ccccc3c21. The molecule has 6 nitrogen and oxygen atoms in total. The van der Waals surface area contributed by atoms with Gasteiger partial charge in [-0.15, -0.1) is 0 Å². The zero-order chi connectivity index (χ0) is 24.7. The van der Waals surface area contributed by atoms with Crippen LogP contribution in [-0.2, 0) is 16.8 Å². The predicted octanol–water partition coefficient (Wildman–Crippen LogP) is 5.15. The number of nitrogens with one attached hydrogen (secondary N) is 1. The minimum atomic E-state index is -1.11. The van der Waals surface area contributed by atoms with Crippen molar-refractivity contribution in [3.63, 3.8) is 0 Å². The highest BCUT2D eigenvalue weighted by Crippen LogP contribution is 2.40. The monoisotopic (exact) mass is 475 g/mol. The molecule has 35 heavy (non-hydrogen) atoms. The first-order valence-corrected chi connectivity index (χ1v) is 12.1. The molecule has 1 aromatic heterocycles. The van der Waals surface area contributed by atoms with E-state index in [0.717, 1.165) is 42.4 Å². The Hall–Kier alpha value is -3.45. The lowest BCUT2D eigenvalue weighted by molar-refractivity contribution is -0.130. The van der Waals surface area contributed by atoms with Gasteiger partial charge in [0.2, 0.25) is 0 Å². The van der Waals surface area contributed by atoms with Gasteiger partial charge in [0.05, 0.1) is 11.3 Å². The Morgan fingerprint density at radius 2 is 1.83 bits per heavy atom. The Kier molecular flexibility index (Phi) is 5.97. The largest absolute Gasteiger partial charge is 0.478 e. The molecule has 0 spiro atoms. The fourth-order valence-corrected chi connectivity index (χ4v) is 5.46. The van der Waals surface area contributed by atoms with E-state index in [1.165, 1.54) is 29.7 Å². The summed E-state index contributed by atoms with van der Waals surface area (Å²) >= 11 is 0. The molecule has 182 valence electrons. The molecule has 1 amide bonds. The number of carboxylic acids is 1.